The van der Waals surface area contributed by atoms with Gasteiger partial charge in [-0.3, -0.25) is 24.5 Å². The summed E-state index contributed by atoms with van der Waals surface area (Å²) in [7, 11) is 0. The summed E-state index contributed by atoms with van der Waals surface area (Å²) in [4.78, 5) is 38.3. The van der Waals surface area contributed by atoms with Crippen LogP contribution in [0.5, 0.6) is 5.75 Å². The van der Waals surface area contributed by atoms with Gasteiger partial charge in [-0.25, -0.2) is 0 Å². The van der Waals surface area contributed by atoms with E-state index in [-0.39, 0.29) is 23.8 Å². The highest BCUT2D eigenvalue weighted by Crippen LogP contribution is 2.22. The van der Waals surface area contributed by atoms with Gasteiger partial charge in [0.05, 0.1) is 17.7 Å². The molecule has 2 fully saturated rings. The lowest BCUT2D eigenvalue weighted by atomic mass is 10.0. The lowest BCUT2D eigenvalue weighted by Gasteiger charge is -2.32. The molecule has 0 spiro atoms. The van der Waals surface area contributed by atoms with Crippen LogP contribution in [0.3, 0.4) is 0 Å². The van der Waals surface area contributed by atoms with Gasteiger partial charge in [-0.1, -0.05) is 12.1 Å². The number of Topliss-reactive ketones (excluding diaryl/α,β-unsaturated/α-hetero) is 1. The number of hydrogen-bond acceptors (Lipinski definition) is 7. The second-order valence-electron chi connectivity index (χ2n) is 11.2. The van der Waals surface area contributed by atoms with Crippen molar-refractivity contribution in [3.63, 3.8) is 0 Å². The van der Waals surface area contributed by atoms with Gasteiger partial charge in [-0.05, 0) is 80.8 Å². The number of carbonyl (C=O) groups excluding carboxylic acids is 2. The predicted octanol–water partition coefficient (Wildman–Crippen LogP) is 5.31. The molecule has 3 heterocycles. The highest BCUT2D eigenvalue weighted by molar-refractivity contribution is 5.99. The summed E-state index contributed by atoms with van der Waals surface area (Å²) in [6.07, 6.45) is 5.29. The average Bonchev–Trinajstić information content (AvgIpc) is 3.03. The Labute approximate surface area is 247 Å². The number of ketones is 1. The largest absolute Gasteiger partial charge is 0.490 e. The highest BCUT2D eigenvalue weighted by atomic mass is 16.5. The van der Waals surface area contributed by atoms with Gasteiger partial charge < -0.3 is 9.64 Å². The molecule has 0 bridgehead atoms. The zero-order chi connectivity index (χ0) is 29.5. The van der Waals surface area contributed by atoms with Crippen LogP contribution < -0.4 is 4.74 Å². The van der Waals surface area contributed by atoms with Crippen LogP contribution in [-0.4, -0.2) is 70.5 Å². The summed E-state index contributed by atoms with van der Waals surface area (Å²) in [6.45, 7) is 7.65. The minimum atomic E-state index is -0.0601. The van der Waals surface area contributed by atoms with Crippen molar-refractivity contribution in [1.82, 2.24) is 14.8 Å². The number of nitriles is 1. The van der Waals surface area contributed by atoms with Crippen LogP contribution in [0.25, 0.3) is 0 Å². The third-order valence-electron chi connectivity index (χ3n) is 8.12. The van der Waals surface area contributed by atoms with Crippen molar-refractivity contribution in [3.05, 3.63) is 94.8 Å². The smallest absolute Gasteiger partial charge is 0.272 e. The van der Waals surface area contributed by atoms with Crippen LogP contribution in [0, 0.1) is 11.3 Å². The van der Waals surface area contributed by atoms with Crippen LogP contribution in [0.1, 0.15) is 77.1 Å². The molecule has 8 heteroatoms. The molecule has 2 aliphatic rings. The molecule has 1 amide bonds. The van der Waals surface area contributed by atoms with Crippen LogP contribution in [0.2, 0.25) is 0 Å². The standard InChI is InChI=1S/C34H37N5O3/c1-24(37-30-13-17-38(18-14-30)23-27-5-3-26(21-35)4-6-27)29-9-12-33(36-22-29)34(41)39-19-15-32(16-20-39)42-31-10-7-28(8-11-31)25(2)40/h3-12,22,30,32H,13-20,23H2,1-2H3. The minimum absolute atomic E-state index is 0.0335. The highest BCUT2D eigenvalue weighted by Gasteiger charge is 2.26. The van der Waals surface area contributed by atoms with E-state index >= 15 is 0 Å². The van der Waals surface area contributed by atoms with E-state index in [0.717, 1.165) is 62.3 Å². The number of nitrogens with zero attached hydrogens (tertiary/aromatic N) is 5. The zero-order valence-electron chi connectivity index (χ0n) is 24.3. The number of aromatic nitrogens is 1. The van der Waals surface area contributed by atoms with Crippen molar-refractivity contribution >= 4 is 17.4 Å². The summed E-state index contributed by atoms with van der Waals surface area (Å²) < 4.78 is 6.08. The number of rotatable bonds is 8. The molecule has 0 atom stereocenters. The number of carbonyl (C=O) groups is 2. The maximum Gasteiger partial charge on any atom is 0.272 e. The van der Waals surface area contributed by atoms with E-state index in [9.17, 15) is 9.59 Å². The predicted molar refractivity (Wildman–Crippen MR) is 162 cm³/mol. The van der Waals surface area contributed by atoms with Gasteiger partial charge in [0.2, 0.25) is 0 Å². The fraction of sp³-hybridized carbons (Fsp3) is 0.382. The van der Waals surface area contributed by atoms with E-state index in [4.69, 9.17) is 15.0 Å². The van der Waals surface area contributed by atoms with Crippen molar-refractivity contribution in [1.29, 1.82) is 5.26 Å². The molecule has 0 N–H and O–H groups in total. The third-order valence-corrected chi connectivity index (χ3v) is 8.12. The molecular formula is C34H37N5O3. The first kappa shape index (κ1) is 29.2. The van der Waals surface area contributed by atoms with Crippen molar-refractivity contribution in [2.75, 3.05) is 26.2 Å². The fourth-order valence-corrected chi connectivity index (χ4v) is 5.53. The molecule has 0 saturated carbocycles. The minimum Gasteiger partial charge on any atom is -0.490 e. The number of benzene rings is 2. The van der Waals surface area contributed by atoms with E-state index in [0.29, 0.717) is 29.9 Å². The van der Waals surface area contributed by atoms with Gasteiger partial charge in [0.15, 0.2) is 5.78 Å². The first-order valence-corrected chi connectivity index (χ1v) is 14.7. The topological polar surface area (TPSA) is 98.9 Å². The lowest BCUT2D eigenvalue weighted by molar-refractivity contribution is 0.0590. The number of likely N-dealkylation sites (tertiary alicyclic amines) is 2. The monoisotopic (exact) mass is 563 g/mol. The normalized spacial score (nSPS) is 17.1. The molecule has 2 saturated heterocycles. The molecule has 0 unspecified atom stereocenters. The van der Waals surface area contributed by atoms with E-state index < -0.39 is 0 Å². The van der Waals surface area contributed by atoms with Gasteiger partial charge in [-0.15, -0.1) is 0 Å². The number of amides is 1. The van der Waals surface area contributed by atoms with Crippen molar-refractivity contribution < 1.29 is 14.3 Å². The number of aliphatic imine (C=N–C) groups is 1. The second kappa shape index (κ2) is 13.5. The number of pyridine rings is 1. The summed E-state index contributed by atoms with van der Waals surface area (Å²) in [6, 6.07) is 21.2. The molecule has 0 radical (unpaired) electrons. The number of hydrogen-bond donors (Lipinski definition) is 0. The van der Waals surface area contributed by atoms with Gasteiger partial charge in [0.1, 0.15) is 17.5 Å². The molecule has 2 aromatic carbocycles. The average molecular weight is 564 g/mol. The Bertz CT molecular complexity index is 1440. The first-order chi connectivity index (χ1) is 20.4. The third kappa shape index (κ3) is 7.48. The van der Waals surface area contributed by atoms with Gasteiger partial charge in [0, 0.05) is 68.6 Å². The molecule has 8 nitrogen and oxygen atoms in total. The van der Waals surface area contributed by atoms with Crippen LogP contribution in [-0.2, 0) is 6.54 Å². The molecular weight excluding hydrogens is 526 g/mol. The molecule has 0 aliphatic carbocycles. The second-order valence-corrected chi connectivity index (χ2v) is 11.2. The van der Waals surface area contributed by atoms with E-state index in [1.165, 1.54) is 5.56 Å². The van der Waals surface area contributed by atoms with Gasteiger partial charge in [0.25, 0.3) is 5.91 Å². The molecule has 1 aromatic heterocycles. The fourth-order valence-electron chi connectivity index (χ4n) is 5.53. The van der Waals surface area contributed by atoms with Crippen molar-refractivity contribution in [2.24, 2.45) is 4.99 Å². The van der Waals surface area contributed by atoms with Gasteiger partial charge >= 0.3 is 0 Å². The van der Waals surface area contributed by atoms with Crippen molar-refractivity contribution in [2.45, 2.75) is 58.2 Å². The Kier molecular flexibility index (Phi) is 9.40. The summed E-state index contributed by atoms with van der Waals surface area (Å²) in [5.41, 5.74) is 4.91. The Morgan fingerprint density at radius 2 is 1.57 bits per heavy atom. The SMILES string of the molecule is CC(=O)c1ccc(OC2CCN(C(=O)c3ccc(C(C)=NC4CCN(Cc5ccc(C#N)cc5)CC4)cn3)CC2)cc1. The van der Waals surface area contributed by atoms with Crippen LogP contribution >= 0.6 is 0 Å². The summed E-state index contributed by atoms with van der Waals surface area (Å²) in [5.74, 6) is 0.717. The van der Waals surface area contributed by atoms with E-state index in [1.807, 2.05) is 54.3 Å². The quantitative estimate of drug-likeness (QED) is 0.272. The Balaban J connectivity index is 1.08. The maximum atomic E-state index is 13.1. The van der Waals surface area contributed by atoms with Gasteiger partial charge in [-0.2, -0.15) is 5.26 Å². The first-order valence-electron chi connectivity index (χ1n) is 14.7. The number of ether oxygens (including phenoxy) is 1. The molecule has 216 valence electrons. The molecule has 42 heavy (non-hydrogen) atoms. The Morgan fingerprint density at radius 3 is 2.17 bits per heavy atom. The van der Waals surface area contributed by atoms with Crippen molar-refractivity contribution in [3.8, 4) is 11.8 Å². The lowest BCUT2D eigenvalue weighted by Crippen LogP contribution is -2.42. The van der Waals surface area contributed by atoms with Crippen LogP contribution in [0.15, 0.2) is 71.9 Å². The summed E-state index contributed by atoms with van der Waals surface area (Å²) >= 11 is 0. The zero-order valence-corrected chi connectivity index (χ0v) is 24.3. The van der Waals surface area contributed by atoms with Crippen LogP contribution in [0.4, 0.5) is 0 Å². The Morgan fingerprint density at radius 1 is 0.905 bits per heavy atom. The van der Waals surface area contributed by atoms with E-state index in [2.05, 4.69) is 16.0 Å². The summed E-state index contributed by atoms with van der Waals surface area (Å²) in [5, 5.41) is 8.98. The van der Waals surface area contributed by atoms with E-state index in [1.54, 1.807) is 31.3 Å². The molecule has 2 aliphatic heterocycles. The molecule has 3 aromatic rings. The molecule has 5 rings (SSSR count). The number of piperidine rings is 2. The Hall–Kier alpha value is -4.35. The maximum absolute atomic E-state index is 13.1.